The Morgan fingerprint density at radius 2 is 2.19 bits per heavy atom. The summed E-state index contributed by atoms with van der Waals surface area (Å²) in [6.07, 6.45) is 0.992. The Morgan fingerprint density at radius 3 is 2.94 bits per heavy atom. The van der Waals surface area contributed by atoms with E-state index in [2.05, 4.69) is 28.8 Å². The topological polar surface area (TPSA) is 30.5 Å². The summed E-state index contributed by atoms with van der Waals surface area (Å²) in [5, 5.41) is 4.25. The van der Waals surface area contributed by atoms with E-state index in [9.17, 15) is 0 Å². The molecule has 0 amide bonds. The molecule has 1 fully saturated rings. The van der Waals surface area contributed by atoms with Crippen LogP contribution in [0, 0.1) is 0 Å². The standard InChI is InChI=1S/C11H23NO2S2/c1-13-4-2-5-14-6-3-12-9-11-10-15-7-8-16-11/h11-12H,2-10H2,1H3. The van der Waals surface area contributed by atoms with Gasteiger partial charge in [0.05, 0.1) is 6.61 Å². The highest BCUT2D eigenvalue weighted by Crippen LogP contribution is 2.23. The molecule has 1 aliphatic heterocycles. The lowest BCUT2D eigenvalue weighted by Crippen LogP contribution is -2.31. The molecule has 1 atom stereocenters. The van der Waals surface area contributed by atoms with Gasteiger partial charge >= 0.3 is 0 Å². The summed E-state index contributed by atoms with van der Waals surface area (Å²) >= 11 is 4.17. The Morgan fingerprint density at radius 1 is 1.25 bits per heavy atom. The van der Waals surface area contributed by atoms with Gasteiger partial charge in [-0.05, 0) is 6.42 Å². The smallest absolute Gasteiger partial charge is 0.0590 e. The van der Waals surface area contributed by atoms with Crippen molar-refractivity contribution >= 4 is 23.5 Å². The molecule has 3 nitrogen and oxygen atoms in total. The van der Waals surface area contributed by atoms with Gasteiger partial charge in [0.2, 0.25) is 0 Å². The molecule has 0 aromatic heterocycles. The summed E-state index contributed by atoms with van der Waals surface area (Å²) in [5.74, 6) is 3.93. The van der Waals surface area contributed by atoms with E-state index in [4.69, 9.17) is 9.47 Å². The minimum Gasteiger partial charge on any atom is -0.385 e. The molecule has 96 valence electrons. The Balaban J connectivity index is 1.77. The third kappa shape index (κ3) is 7.79. The van der Waals surface area contributed by atoms with Gasteiger partial charge in [-0.3, -0.25) is 0 Å². The minimum absolute atomic E-state index is 0.795. The summed E-state index contributed by atoms with van der Waals surface area (Å²) in [7, 11) is 1.72. The summed E-state index contributed by atoms with van der Waals surface area (Å²) in [6, 6.07) is 0. The Hall–Kier alpha value is 0.580. The third-order valence-corrected chi connectivity index (χ3v) is 5.16. The zero-order chi connectivity index (χ0) is 11.5. The van der Waals surface area contributed by atoms with E-state index >= 15 is 0 Å². The number of hydrogen-bond donors (Lipinski definition) is 1. The average molecular weight is 265 g/mol. The first kappa shape index (κ1) is 14.6. The van der Waals surface area contributed by atoms with Crippen molar-refractivity contribution < 1.29 is 9.47 Å². The molecule has 0 aromatic rings. The number of thioether (sulfide) groups is 2. The lowest BCUT2D eigenvalue weighted by Gasteiger charge is -2.21. The summed E-state index contributed by atoms with van der Waals surface area (Å²) < 4.78 is 10.4. The quantitative estimate of drug-likeness (QED) is 0.638. The van der Waals surface area contributed by atoms with Gasteiger partial charge in [0.25, 0.3) is 0 Å². The van der Waals surface area contributed by atoms with Gasteiger partial charge in [0.1, 0.15) is 0 Å². The van der Waals surface area contributed by atoms with Crippen LogP contribution in [-0.2, 0) is 9.47 Å². The first-order chi connectivity index (χ1) is 7.93. The van der Waals surface area contributed by atoms with Crippen molar-refractivity contribution in [3.05, 3.63) is 0 Å². The Bertz CT molecular complexity index is 155. The van der Waals surface area contributed by atoms with Crippen molar-refractivity contribution in [3.63, 3.8) is 0 Å². The van der Waals surface area contributed by atoms with Crippen LogP contribution in [0.3, 0.4) is 0 Å². The van der Waals surface area contributed by atoms with Crippen LogP contribution in [0.25, 0.3) is 0 Å². The highest BCUT2D eigenvalue weighted by Gasteiger charge is 2.12. The van der Waals surface area contributed by atoms with Gasteiger partial charge in [0.15, 0.2) is 0 Å². The molecular formula is C11H23NO2S2. The zero-order valence-electron chi connectivity index (χ0n) is 10.1. The first-order valence-electron chi connectivity index (χ1n) is 5.90. The first-order valence-corrected chi connectivity index (χ1v) is 8.10. The number of methoxy groups -OCH3 is 1. The molecule has 1 saturated heterocycles. The van der Waals surface area contributed by atoms with Crippen LogP contribution in [0.5, 0.6) is 0 Å². The predicted octanol–water partition coefficient (Wildman–Crippen LogP) is 1.48. The Labute approximate surface area is 107 Å². The van der Waals surface area contributed by atoms with Crippen molar-refractivity contribution in [3.8, 4) is 0 Å². The fraction of sp³-hybridized carbons (Fsp3) is 1.00. The van der Waals surface area contributed by atoms with Gasteiger partial charge in [-0.1, -0.05) is 0 Å². The fourth-order valence-corrected chi connectivity index (χ4v) is 4.12. The van der Waals surface area contributed by atoms with E-state index in [1.54, 1.807) is 7.11 Å². The number of ether oxygens (including phenoxy) is 2. The molecule has 1 heterocycles. The number of hydrogen-bond acceptors (Lipinski definition) is 5. The van der Waals surface area contributed by atoms with Crippen molar-refractivity contribution in [2.75, 3.05) is 57.3 Å². The Kier molecular flexibility index (Phi) is 9.81. The summed E-state index contributed by atoms with van der Waals surface area (Å²) in [6.45, 7) is 4.51. The highest BCUT2D eigenvalue weighted by molar-refractivity contribution is 8.06. The molecule has 0 saturated carbocycles. The van der Waals surface area contributed by atoms with Crippen LogP contribution in [0.2, 0.25) is 0 Å². The molecule has 5 heteroatoms. The van der Waals surface area contributed by atoms with Gasteiger partial charge in [-0.15, -0.1) is 0 Å². The van der Waals surface area contributed by atoms with E-state index < -0.39 is 0 Å². The molecule has 16 heavy (non-hydrogen) atoms. The van der Waals surface area contributed by atoms with Crippen LogP contribution in [0.4, 0.5) is 0 Å². The van der Waals surface area contributed by atoms with Crippen LogP contribution in [-0.4, -0.2) is 62.5 Å². The normalized spacial score (nSPS) is 21.2. The maximum absolute atomic E-state index is 5.47. The third-order valence-electron chi connectivity index (χ3n) is 2.32. The predicted molar refractivity (Wildman–Crippen MR) is 73.8 cm³/mol. The van der Waals surface area contributed by atoms with Crippen LogP contribution < -0.4 is 5.32 Å². The molecule has 1 aliphatic rings. The lowest BCUT2D eigenvalue weighted by atomic mass is 10.4. The molecule has 0 bridgehead atoms. The molecule has 0 aliphatic carbocycles. The van der Waals surface area contributed by atoms with E-state index in [1.165, 1.54) is 17.3 Å². The van der Waals surface area contributed by atoms with Crippen molar-refractivity contribution in [2.45, 2.75) is 11.7 Å². The van der Waals surface area contributed by atoms with E-state index in [1.807, 2.05) is 0 Å². The molecule has 0 spiro atoms. The van der Waals surface area contributed by atoms with E-state index in [0.29, 0.717) is 0 Å². The SMILES string of the molecule is COCCCOCCNCC1CSCCS1. The van der Waals surface area contributed by atoms with Crippen LogP contribution >= 0.6 is 23.5 Å². The van der Waals surface area contributed by atoms with E-state index in [-0.39, 0.29) is 0 Å². The van der Waals surface area contributed by atoms with Gasteiger partial charge in [-0.25, -0.2) is 0 Å². The molecule has 0 aromatic carbocycles. The van der Waals surface area contributed by atoms with Crippen molar-refractivity contribution in [1.82, 2.24) is 5.32 Å². The van der Waals surface area contributed by atoms with Gasteiger partial charge in [-0.2, -0.15) is 23.5 Å². The second-order valence-corrected chi connectivity index (χ2v) is 6.29. The number of rotatable bonds is 9. The summed E-state index contributed by atoms with van der Waals surface area (Å²) in [4.78, 5) is 0. The van der Waals surface area contributed by atoms with Gasteiger partial charge < -0.3 is 14.8 Å². The molecule has 1 N–H and O–H groups in total. The lowest BCUT2D eigenvalue weighted by molar-refractivity contribution is 0.104. The minimum atomic E-state index is 0.795. The second-order valence-electron chi connectivity index (χ2n) is 3.73. The molecule has 1 rings (SSSR count). The zero-order valence-corrected chi connectivity index (χ0v) is 11.7. The average Bonchev–Trinajstić information content (AvgIpc) is 2.34. The number of nitrogens with one attached hydrogen (secondary N) is 1. The molecule has 0 radical (unpaired) electrons. The molecule has 1 unspecified atom stereocenters. The van der Waals surface area contributed by atoms with Crippen molar-refractivity contribution in [2.24, 2.45) is 0 Å². The fourth-order valence-electron chi connectivity index (χ4n) is 1.47. The second kappa shape index (κ2) is 10.7. The monoisotopic (exact) mass is 265 g/mol. The molecular weight excluding hydrogens is 242 g/mol. The highest BCUT2D eigenvalue weighted by atomic mass is 32.2. The maximum atomic E-state index is 5.47. The maximum Gasteiger partial charge on any atom is 0.0590 e. The largest absolute Gasteiger partial charge is 0.385 e. The van der Waals surface area contributed by atoms with Crippen LogP contribution in [0.15, 0.2) is 0 Å². The van der Waals surface area contributed by atoms with Crippen LogP contribution in [0.1, 0.15) is 6.42 Å². The van der Waals surface area contributed by atoms with Crippen molar-refractivity contribution in [1.29, 1.82) is 0 Å². The van der Waals surface area contributed by atoms with Gasteiger partial charge in [0, 0.05) is 55.9 Å². The van der Waals surface area contributed by atoms with E-state index in [0.717, 1.165) is 44.6 Å². The summed E-state index contributed by atoms with van der Waals surface area (Å²) in [5.41, 5.74) is 0.